The third-order valence-electron chi connectivity index (χ3n) is 2.43. The molecule has 2 N–H and O–H groups in total. The van der Waals surface area contributed by atoms with Crippen LogP contribution >= 0.6 is 0 Å². The van der Waals surface area contributed by atoms with Crippen LogP contribution in [0.4, 0.5) is 0 Å². The van der Waals surface area contributed by atoms with Crippen molar-refractivity contribution < 1.29 is 0 Å². The van der Waals surface area contributed by atoms with Gasteiger partial charge in [0.15, 0.2) is 0 Å². The zero-order valence-corrected chi connectivity index (χ0v) is 8.84. The van der Waals surface area contributed by atoms with E-state index >= 15 is 0 Å². The third kappa shape index (κ3) is 5.56. The molecule has 0 aliphatic rings. The number of hydrogen-bond donors (Lipinski definition) is 1. The van der Waals surface area contributed by atoms with Gasteiger partial charge in [0.2, 0.25) is 0 Å². The first-order valence-electron chi connectivity index (χ1n) is 5.23. The summed E-state index contributed by atoms with van der Waals surface area (Å²) in [6, 6.07) is 0.534. The highest BCUT2D eigenvalue weighted by atomic mass is 15.4. The molecule has 74 valence electrons. The van der Waals surface area contributed by atoms with Gasteiger partial charge in [-0.05, 0) is 19.8 Å². The Balaban J connectivity index is 3.24. The van der Waals surface area contributed by atoms with Crippen molar-refractivity contribution in [2.24, 2.45) is 5.84 Å². The molecule has 2 nitrogen and oxygen atoms in total. The Morgan fingerprint density at radius 2 is 1.83 bits per heavy atom. The molecule has 0 spiro atoms. The molecule has 0 bridgehead atoms. The van der Waals surface area contributed by atoms with Gasteiger partial charge >= 0.3 is 0 Å². The van der Waals surface area contributed by atoms with Gasteiger partial charge in [-0.2, -0.15) is 0 Å². The smallest absolute Gasteiger partial charge is 0.0210 e. The Kier molecular flexibility index (Phi) is 7.51. The number of hydrazine groups is 1. The van der Waals surface area contributed by atoms with Crippen molar-refractivity contribution in [2.45, 2.75) is 58.9 Å². The topological polar surface area (TPSA) is 29.3 Å². The molecule has 0 radical (unpaired) electrons. The first kappa shape index (κ1) is 11.9. The van der Waals surface area contributed by atoms with Gasteiger partial charge in [-0.1, -0.05) is 33.1 Å². The summed E-state index contributed by atoms with van der Waals surface area (Å²) in [5.41, 5.74) is 0. The van der Waals surface area contributed by atoms with Crippen LogP contribution in [0.1, 0.15) is 52.9 Å². The van der Waals surface area contributed by atoms with E-state index in [0.717, 1.165) is 13.0 Å². The predicted molar refractivity (Wildman–Crippen MR) is 54.8 cm³/mol. The number of nitrogens with two attached hydrogens (primary N) is 1. The van der Waals surface area contributed by atoms with Crippen molar-refractivity contribution in [3.63, 3.8) is 0 Å². The lowest BCUT2D eigenvalue weighted by Crippen LogP contribution is -2.39. The first-order chi connectivity index (χ1) is 5.72. The van der Waals surface area contributed by atoms with Gasteiger partial charge in [0.25, 0.3) is 0 Å². The fraction of sp³-hybridized carbons (Fsp3) is 1.00. The highest BCUT2D eigenvalue weighted by Gasteiger charge is 2.05. The van der Waals surface area contributed by atoms with E-state index < -0.39 is 0 Å². The monoisotopic (exact) mass is 172 g/mol. The van der Waals surface area contributed by atoms with Crippen LogP contribution in [0, 0.1) is 0 Å². The van der Waals surface area contributed by atoms with Crippen LogP contribution in [0.25, 0.3) is 0 Å². The molecule has 1 unspecified atom stereocenters. The second-order valence-corrected chi connectivity index (χ2v) is 3.56. The minimum atomic E-state index is 0.534. The molecule has 0 aromatic carbocycles. The van der Waals surface area contributed by atoms with E-state index in [1.54, 1.807) is 0 Å². The molecular formula is C10H24N2. The molecule has 0 saturated heterocycles. The van der Waals surface area contributed by atoms with Gasteiger partial charge in [-0.15, -0.1) is 0 Å². The second kappa shape index (κ2) is 7.56. The summed E-state index contributed by atoms with van der Waals surface area (Å²) in [7, 11) is 0. The number of unbranched alkanes of at least 4 members (excludes halogenated alkanes) is 3. The van der Waals surface area contributed by atoms with Crippen LogP contribution in [0.2, 0.25) is 0 Å². The molecule has 2 heteroatoms. The quantitative estimate of drug-likeness (QED) is 0.363. The van der Waals surface area contributed by atoms with Crippen LogP contribution < -0.4 is 5.84 Å². The van der Waals surface area contributed by atoms with Crippen molar-refractivity contribution >= 4 is 0 Å². The van der Waals surface area contributed by atoms with E-state index in [2.05, 4.69) is 20.8 Å². The average molecular weight is 172 g/mol. The molecule has 0 rings (SSSR count). The molecule has 0 fully saturated rings. The summed E-state index contributed by atoms with van der Waals surface area (Å²) in [5.74, 6) is 5.84. The maximum Gasteiger partial charge on any atom is 0.0210 e. The van der Waals surface area contributed by atoms with E-state index in [-0.39, 0.29) is 0 Å². The van der Waals surface area contributed by atoms with Crippen molar-refractivity contribution in [3.05, 3.63) is 0 Å². The maximum atomic E-state index is 5.84. The maximum absolute atomic E-state index is 5.84. The van der Waals surface area contributed by atoms with E-state index in [9.17, 15) is 0 Å². The standard InChI is InChI=1S/C10H24N2/c1-4-6-7-8-9-12(11)10(3)5-2/h10H,4-9,11H2,1-3H3. The van der Waals surface area contributed by atoms with Crippen molar-refractivity contribution in [3.8, 4) is 0 Å². The third-order valence-corrected chi connectivity index (χ3v) is 2.43. The first-order valence-corrected chi connectivity index (χ1v) is 5.23. The molecule has 0 saturated carbocycles. The lowest BCUT2D eigenvalue weighted by molar-refractivity contribution is 0.204. The summed E-state index contributed by atoms with van der Waals surface area (Å²) in [5, 5.41) is 1.97. The SMILES string of the molecule is CCCCCCN(N)C(C)CC. The number of rotatable bonds is 7. The van der Waals surface area contributed by atoms with Gasteiger partial charge in [-0.25, -0.2) is 5.01 Å². The van der Waals surface area contributed by atoms with Crippen LogP contribution in [0.3, 0.4) is 0 Å². The fourth-order valence-electron chi connectivity index (χ4n) is 1.18. The molecule has 0 aromatic rings. The number of nitrogens with zero attached hydrogens (tertiary/aromatic N) is 1. The van der Waals surface area contributed by atoms with E-state index in [1.807, 2.05) is 5.01 Å². The summed E-state index contributed by atoms with van der Waals surface area (Å²) in [6.07, 6.45) is 6.35. The van der Waals surface area contributed by atoms with Crippen molar-refractivity contribution in [1.82, 2.24) is 5.01 Å². The molecule has 12 heavy (non-hydrogen) atoms. The van der Waals surface area contributed by atoms with Gasteiger partial charge in [0.05, 0.1) is 0 Å². The van der Waals surface area contributed by atoms with Gasteiger partial charge < -0.3 is 0 Å². The largest absolute Gasteiger partial charge is 0.269 e. The number of hydrogen-bond acceptors (Lipinski definition) is 2. The van der Waals surface area contributed by atoms with E-state index in [0.29, 0.717) is 6.04 Å². The Morgan fingerprint density at radius 3 is 2.33 bits per heavy atom. The average Bonchev–Trinajstić information content (AvgIpc) is 2.10. The minimum absolute atomic E-state index is 0.534. The normalized spacial score (nSPS) is 13.8. The van der Waals surface area contributed by atoms with E-state index in [4.69, 9.17) is 5.84 Å². The van der Waals surface area contributed by atoms with Crippen molar-refractivity contribution in [1.29, 1.82) is 0 Å². The molecular weight excluding hydrogens is 148 g/mol. The second-order valence-electron chi connectivity index (χ2n) is 3.56. The summed E-state index contributed by atoms with van der Waals surface area (Å²) < 4.78 is 0. The van der Waals surface area contributed by atoms with E-state index in [1.165, 1.54) is 25.7 Å². The lowest BCUT2D eigenvalue weighted by Gasteiger charge is -2.22. The minimum Gasteiger partial charge on any atom is -0.269 e. The van der Waals surface area contributed by atoms with Gasteiger partial charge in [0.1, 0.15) is 0 Å². The Morgan fingerprint density at radius 1 is 1.17 bits per heavy atom. The van der Waals surface area contributed by atoms with Crippen LogP contribution in [0.15, 0.2) is 0 Å². The summed E-state index contributed by atoms with van der Waals surface area (Å²) in [6.45, 7) is 7.64. The molecule has 0 aliphatic heterocycles. The van der Waals surface area contributed by atoms with Gasteiger partial charge in [0, 0.05) is 12.6 Å². The predicted octanol–water partition coefficient (Wildman–Crippen LogP) is 2.54. The molecule has 0 heterocycles. The Hall–Kier alpha value is -0.0800. The van der Waals surface area contributed by atoms with Crippen LogP contribution in [-0.4, -0.2) is 17.6 Å². The Labute approximate surface area is 77.1 Å². The summed E-state index contributed by atoms with van der Waals surface area (Å²) >= 11 is 0. The molecule has 0 amide bonds. The summed E-state index contributed by atoms with van der Waals surface area (Å²) in [4.78, 5) is 0. The van der Waals surface area contributed by atoms with Crippen LogP contribution in [0.5, 0.6) is 0 Å². The lowest BCUT2D eigenvalue weighted by atomic mass is 10.2. The van der Waals surface area contributed by atoms with Gasteiger partial charge in [-0.3, -0.25) is 5.84 Å². The van der Waals surface area contributed by atoms with Crippen LogP contribution in [-0.2, 0) is 0 Å². The zero-order chi connectivity index (χ0) is 9.40. The molecule has 0 aliphatic carbocycles. The molecule has 1 atom stereocenters. The molecule has 0 aromatic heterocycles. The highest BCUT2D eigenvalue weighted by molar-refractivity contribution is 4.58. The fourth-order valence-corrected chi connectivity index (χ4v) is 1.18. The van der Waals surface area contributed by atoms with Crippen molar-refractivity contribution in [2.75, 3.05) is 6.54 Å². The Bertz CT molecular complexity index is 93.8. The highest BCUT2D eigenvalue weighted by Crippen LogP contribution is 2.03. The zero-order valence-electron chi connectivity index (χ0n) is 8.84.